The zero-order valence-electron chi connectivity index (χ0n) is 48.3. The molecule has 0 saturated carbocycles. The predicted octanol–water partition coefficient (Wildman–Crippen LogP) is 22.3. The Balaban J connectivity index is 0.883. The van der Waals surface area contributed by atoms with Crippen molar-refractivity contribution in [1.82, 2.24) is 4.57 Å². The summed E-state index contributed by atoms with van der Waals surface area (Å²) in [4.78, 5) is 2.53. The summed E-state index contributed by atoms with van der Waals surface area (Å²) in [6.07, 6.45) is 0. The summed E-state index contributed by atoms with van der Waals surface area (Å²) in [6, 6.07) is 89.6. The van der Waals surface area contributed by atoms with Gasteiger partial charge in [-0.25, -0.2) is 0 Å². The van der Waals surface area contributed by atoms with E-state index in [-0.39, 0.29) is 10.8 Å². The van der Waals surface area contributed by atoms with E-state index in [0.717, 1.165) is 72.5 Å². The Morgan fingerprint density at radius 2 is 0.812 bits per heavy atom. The lowest BCUT2D eigenvalue weighted by molar-refractivity contribution is 0.600. The second-order valence-electron chi connectivity index (χ2n) is 25.5. The number of nitrogens with zero attached hydrogens (tertiary/aromatic N) is 2. The molecule has 0 atom stereocenters. The predicted molar refractivity (Wildman–Crippen MR) is 354 cm³/mol. The van der Waals surface area contributed by atoms with Crippen molar-refractivity contribution in [3.63, 3.8) is 0 Å². The van der Waals surface area contributed by atoms with Gasteiger partial charge in [0.1, 0.15) is 22.3 Å². The number of hydrogen-bond donors (Lipinski definition) is 0. The number of aromatic nitrogens is 1. The van der Waals surface area contributed by atoms with Crippen LogP contribution in [0.25, 0.3) is 127 Å². The van der Waals surface area contributed by atoms with Crippen LogP contribution in [0.4, 0.5) is 17.1 Å². The minimum absolute atomic E-state index is 0.265. The van der Waals surface area contributed by atoms with E-state index in [1.807, 2.05) is 0 Å². The summed E-state index contributed by atoms with van der Waals surface area (Å²) in [7, 11) is 0. The highest BCUT2D eigenvalue weighted by atomic mass is 16.3. The molecule has 0 aliphatic heterocycles. The van der Waals surface area contributed by atoms with Crippen molar-refractivity contribution in [2.45, 2.75) is 57.8 Å². The fraction of sp³-hybridized carbons (Fsp3) is 0.111. The van der Waals surface area contributed by atoms with Gasteiger partial charge >= 0.3 is 0 Å². The van der Waals surface area contributed by atoms with Gasteiger partial charge in [-0.15, -0.1) is 0 Å². The van der Waals surface area contributed by atoms with Gasteiger partial charge in [-0.1, -0.05) is 211 Å². The van der Waals surface area contributed by atoms with Gasteiger partial charge in [0.15, 0.2) is 0 Å². The number of hydrogen-bond acceptors (Lipinski definition) is 3. The maximum absolute atomic E-state index is 7.08. The third-order valence-corrected chi connectivity index (χ3v) is 19.9. The molecule has 18 rings (SSSR count). The van der Waals surface area contributed by atoms with Gasteiger partial charge in [-0.05, 0) is 151 Å². The zero-order valence-corrected chi connectivity index (χ0v) is 48.3. The number of fused-ring (bicyclic) bond motifs is 22. The summed E-state index contributed by atoms with van der Waals surface area (Å²) in [5.74, 6) is 0. The molecule has 404 valence electrons. The van der Waals surface area contributed by atoms with E-state index < -0.39 is 5.41 Å². The van der Waals surface area contributed by atoms with Crippen LogP contribution in [0.1, 0.15) is 74.9 Å². The second kappa shape index (κ2) is 17.0. The van der Waals surface area contributed by atoms with Crippen molar-refractivity contribution in [3.8, 4) is 61.3 Å². The standard InChI is InChI=1S/C81H58N2O2/c1-79(2)63-43-49(38-41-57(63)70-65(79)46-61(77-72(70)59-31-17-21-35-68(59)84-77)53-28-14-13-27-52(53)47-23-9-7-10-24-47)82(51-37-40-55-54-29-16-20-34-66(54)83(67(55)45-51)48-25-11-8-12-26-48)50-39-42-58-64(44-50)81(5,6)75-71(58)73-60-32-18-22-36-69(60)85-78(73)74-56-30-15-19-33-62(56)80(3,4)76(74)75/h7-46H,1-6H3. The third kappa shape index (κ3) is 6.41. The fourth-order valence-electron chi connectivity index (χ4n) is 16.1. The first kappa shape index (κ1) is 48.4. The molecule has 0 N–H and O–H groups in total. The molecule has 0 radical (unpaired) electrons. The molecule has 0 amide bonds. The molecule has 85 heavy (non-hydrogen) atoms. The molecule has 0 fully saturated rings. The van der Waals surface area contributed by atoms with Crippen LogP contribution in [0.3, 0.4) is 0 Å². The van der Waals surface area contributed by atoms with Crippen molar-refractivity contribution in [3.05, 3.63) is 276 Å². The maximum atomic E-state index is 7.08. The molecule has 0 saturated heterocycles. The molecule has 15 aromatic rings. The second-order valence-corrected chi connectivity index (χ2v) is 25.5. The summed E-state index contributed by atoms with van der Waals surface area (Å²) in [5.41, 5.74) is 29.6. The fourth-order valence-corrected chi connectivity index (χ4v) is 16.1. The Hall–Kier alpha value is -10.2. The van der Waals surface area contributed by atoms with Crippen LogP contribution in [0.2, 0.25) is 0 Å². The number of benzene rings is 12. The molecule has 4 nitrogen and oxygen atoms in total. The van der Waals surface area contributed by atoms with E-state index in [9.17, 15) is 0 Å². The lowest BCUT2D eigenvalue weighted by Gasteiger charge is -2.32. The van der Waals surface area contributed by atoms with E-state index in [1.165, 1.54) is 105 Å². The van der Waals surface area contributed by atoms with Gasteiger partial charge in [-0.3, -0.25) is 0 Å². The number of para-hydroxylation sites is 4. The largest absolute Gasteiger partial charge is 0.455 e. The van der Waals surface area contributed by atoms with Crippen molar-refractivity contribution in [2.24, 2.45) is 0 Å². The smallest absolute Gasteiger partial charge is 0.144 e. The number of anilines is 3. The SMILES string of the molecule is CC1(C)c2cc(N(c3ccc4c(c3)C(C)(C)c3c5c(c6oc7ccccc7c6c3-4)-c3ccccc3C5(C)C)c3ccc4c5ccccc5n(-c5ccccc5)c4c3)ccc2-c2c1cc(-c1ccccc1-c1ccccc1)c1oc3ccccc3c21. The molecular formula is C81H58N2O2. The van der Waals surface area contributed by atoms with E-state index in [4.69, 9.17) is 8.83 Å². The van der Waals surface area contributed by atoms with Gasteiger partial charge < -0.3 is 18.3 Å². The van der Waals surface area contributed by atoms with Crippen LogP contribution in [0.15, 0.2) is 251 Å². The Bertz CT molecular complexity index is 5390. The van der Waals surface area contributed by atoms with Gasteiger partial charge in [0, 0.05) is 82.4 Å². The zero-order chi connectivity index (χ0) is 56.8. The Morgan fingerprint density at radius 3 is 1.53 bits per heavy atom. The first-order chi connectivity index (χ1) is 41.5. The van der Waals surface area contributed by atoms with Crippen LogP contribution in [0, 0.1) is 0 Å². The topological polar surface area (TPSA) is 34.5 Å². The van der Waals surface area contributed by atoms with Crippen LogP contribution in [0.5, 0.6) is 0 Å². The normalized spacial score (nSPS) is 14.8. The molecular weight excluding hydrogens is 1030 g/mol. The van der Waals surface area contributed by atoms with Crippen molar-refractivity contribution in [1.29, 1.82) is 0 Å². The van der Waals surface area contributed by atoms with Crippen LogP contribution in [-0.4, -0.2) is 4.57 Å². The van der Waals surface area contributed by atoms with Gasteiger partial charge in [0.25, 0.3) is 0 Å². The van der Waals surface area contributed by atoms with Crippen LogP contribution >= 0.6 is 0 Å². The van der Waals surface area contributed by atoms with Crippen molar-refractivity contribution in [2.75, 3.05) is 4.90 Å². The molecule has 0 spiro atoms. The van der Waals surface area contributed by atoms with Crippen molar-refractivity contribution < 1.29 is 8.83 Å². The van der Waals surface area contributed by atoms with Gasteiger partial charge in [0.2, 0.25) is 0 Å². The highest BCUT2D eigenvalue weighted by molar-refractivity contribution is 6.22. The Morgan fingerprint density at radius 1 is 0.318 bits per heavy atom. The molecule has 0 bridgehead atoms. The monoisotopic (exact) mass is 1090 g/mol. The third-order valence-electron chi connectivity index (χ3n) is 19.9. The van der Waals surface area contributed by atoms with Crippen LogP contribution < -0.4 is 4.90 Å². The summed E-state index contributed by atoms with van der Waals surface area (Å²) < 4.78 is 16.6. The van der Waals surface area contributed by atoms with E-state index in [1.54, 1.807) is 0 Å². The number of rotatable bonds is 6. The molecule has 3 aliphatic rings. The summed E-state index contributed by atoms with van der Waals surface area (Å²) >= 11 is 0. The van der Waals surface area contributed by atoms with E-state index >= 15 is 0 Å². The van der Waals surface area contributed by atoms with Crippen molar-refractivity contribution >= 4 is 82.7 Å². The summed E-state index contributed by atoms with van der Waals surface area (Å²) in [5, 5.41) is 7.11. The van der Waals surface area contributed by atoms with E-state index in [2.05, 4.69) is 294 Å². The molecule has 3 heterocycles. The molecule has 3 aromatic heterocycles. The Kier molecular flexibility index (Phi) is 9.67. The van der Waals surface area contributed by atoms with Gasteiger partial charge in [-0.2, -0.15) is 0 Å². The minimum Gasteiger partial charge on any atom is -0.455 e. The first-order valence-corrected chi connectivity index (χ1v) is 29.9. The minimum atomic E-state index is -0.399. The van der Waals surface area contributed by atoms with Crippen LogP contribution in [-0.2, 0) is 16.2 Å². The lowest BCUT2D eigenvalue weighted by Crippen LogP contribution is -2.24. The maximum Gasteiger partial charge on any atom is 0.144 e. The highest BCUT2D eigenvalue weighted by Crippen LogP contribution is 2.64. The molecule has 3 aliphatic carbocycles. The average molecular weight is 1090 g/mol. The lowest BCUT2D eigenvalue weighted by atomic mass is 9.72. The average Bonchev–Trinajstić information content (AvgIpc) is 1.55. The molecule has 12 aromatic carbocycles. The van der Waals surface area contributed by atoms with Gasteiger partial charge in [0.05, 0.1) is 11.0 Å². The quantitative estimate of drug-likeness (QED) is 0.166. The number of furan rings is 2. The Labute approximate surface area is 493 Å². The molecule has 4 heteroatoms. The first-order valence-electron chi connectivity index (χ1n) is 29.9. The van der Waals surface area contributed by atoms with E-state index in [0.29, 0.717) is 0 Å². The highest BCUT2D eigenvalue weighted by Gasteiger charge is 2.49. The molecule has 0 unspecified atom stereocenters. The summed E-state index contributed by atoms with van der Waals surface area (Å²) in [6.45, 7) is 14.6.